The number of aromatic nitrogens is 1. The van der Waals surface area contributed by atoms with E-state index in [1.54, 1.807) is 11.3 Å². The fourth-order valence-corrected chi connectivity index (χ4v) is 3.62. The first-order valence-corrected chi connectivity index (χ1v) is 9.48. The van der Waals surface area contributed by atoms with Crippen molar-refractivity contribution in [2.45, 2.75) is 45.3 Å². The van der Waals surface area contributed by atoms with Gasteiger partial charge in [0.1, 0.15) is 0 Å². The van der Waals surface area contributed by atoms with E-state index >= 15 is 0 Å². The number of rotatable bonds is 7. The number of hydrogen-bond acceptors (Lipinski definition) is 4. The first kappa shape index (κ1) is 20.0. The highest BCUT2D eigenvalue weighted by Gasteiger charge is 2.34. The molecule has 2 rings (SSSR count). The van der Waals surface area contributed by atoms with Gasteiger partial charge in [0.2, 0.25) is 0 Å². The fourth-order valence-electron chi connectivity index (χ4n) is 2.80. The molecule has 1 fully saturated rings. The van der Waals surface area contributed by atoms with Gasteiger partial charge in [0, 0.05) is 49.7 Å². The SMILES string of the molecule is CCNC(=NCCCc1nc(C)cs1)NC1CCN(CC(F)(F)F)C1. The first-order valence-electron chi connectivity index (χ1n) is 8.60. The molecule has 0 radical (unpaired) electrons. The van der Waals surface area contributed by atoms with Crippen molar-refractivity contribution in [1.82, 2.24) is 20.5 Å². The van der Waals surface area contributed by atoms with Crippen LogP contribution in [0.1, 0.15) is 30.5 Å². The number of alkyl halides is 3. The number of halogens is 3. The second-order valence-corrected chi connectivity index (χ2v) is 7.17. The number of aliphatic imine (C=N–C) groups is 1. The summed E-state index contributed by atoms with van der Waals surface area (Å²) in [7, 11) is 0. The maximum Gasteiger partial charge on any atom is 0.401 e. The standard InChI is InChI=1S/C16H26F3N5S/c1-3-20-15(21-7-4-5-14-22-12(2)10-25-14)23-13-6-8-24(9-13)11-16(17,18)19/h10,13H,3-9,11H2,1-2H3,(H2,20,21,23). The highest BCUT2D eigenvalue weighted by atomic mass is 32.1. The summed E-state index contributed by atoms with van der Waals surface area (Å²) in [5.41, 5.74) is 1.04. The summed E-state index contributed by atoms with van der Waals surface area (Å²) in [5.74, 6) is 0.677. The minimum Gasteiger partial charge on any atom is -0.357 e. The van der Waals surface area contributed by atoms with Crippen molar-refractivity contribution < 1.29 is 13.2 Å². The van der Waals surface area contributed by atoms with E-state index in [-0.39, 0.29) is 6.04 Å². The molecule has 1 aromatic heterocycles. The van der Waals surface area contributed by atoms with Crippen LogP contribution >= 0.6 is 11.3 Å². The number of thiazole rings is 1. The number of aryl methyl sites for hydroxylation is 2. The van der Waals surface area contributed by atoms with Crippen LogP contribution in [0.2, 0.25) is 0 Å². The van der Waals surface area contributed by atoms with Gasteiger partial charge in [-0.2, -0.15) is 13.2 Å². The van der Waals surface area contributed by atoms with Crippen LogP contribution in [0.25, 0.3) is 0 Å². The number of nitrogens with zero attached hydrogens (tertiary/aromatic N) is 3. The first-order chi connectivity index (χ1) is 11.9. The third-order valence-corrected chi connectivity index (χ3v) is 4.87. The van der Waals surface area contributed by atoms with E-state index in [1.807, 2.05) is 19.2 Å². The van der Waals surface area contributed by atoms with E-state index in [0.717, 1.165) is 30.1 Å². The van der Waals surface area contributed by atoms with Crippen molar-refractivity contribution >= 4 is 17.3 Å². The second-order valence-electron chi connectivity index (χ2n) is 6.23. The molecular formula is C16H26F3N5S. The van der Waals surface area contributed by atoms with E-state index in [4.69, 9.17) is 0 Å². The second kappa shape index (κ2) is 9.38. The molecule has 1 aromatic rings. The zero-order valence-corrected chi connectivity index (χ0v) is 15.5. The molecule has 0 aliphatic carbocycles. The maximum absolute atomic E-state index is 12.5. The predicted molar refractivity (Wildman–Crippen MR) is 95.2 cm³/mol. The van der Waals surface area contributed by atoms with Gasteiger partial charge in [0.15, 0.2) is 5.96 Å². The smallest absolute Gasteiger partial charge is 0.357 e. The lowest BCUT2D eigenvalue weighted by atomic mass is 10.3. The molecule has 1 atom stereocenters. The van der Waals surface area contributed by atoms with Crippen LogP contribution in [0.5, 0.6) is 0 Å². The molecule has 0 saturated carbocycles. The Kier molecular flexibility index (Phi) is 7.49. The van der Waals surface area contributed by atoms with Crippen molar-refractivity contribution in [3.05, 3.63) is 16.1 Å². The molecule has 1 unspecified atom stereocenters. The molecule has 0 aromatic carbocycles. The Morgan fingerprint density at radius 1 is 1.48 bits per heavy atom. The highest BCUT2D eigenvalue weighted by molar-refractivity contribution is 7.09. The third-order valence-electron chi connectivity index (χ3n) is 3.85. The van der Waals surface area contributed by atoms with Crippen LogP contribution in [-0.4, -0.2) is 60.8 Å². The predicted octanol–water partition coefficient (Wildman–Crippen LogP) is 2.58. The van der Waals surface area contributed by atoms with Crippen molar-refractivity contribution in [3.8, 4) is 0 Å². The van der Waals surface area contributed by atoms with Gasteiger partial charge in [-0.3, -0.25) is 9.89 Å². The fraction of sp³-hybridized carbons (Fsp3) is 0.750. The zero-order chi connectivity index (χ0) is 18.3. The van der Waals surface area contributed by atoms with Crippen LogP contribution in [0, 0.1) is 6.92 Å². The Morgan fingerprint density at radius 2 is 2.28 bits per heavy atom. The molecule has 25 heavy (non-hydrogen) atoms. The summed E-state index contributed by atoms with van der Waals surface area (Å²) in [5, 5.41) is 9.57. The molecule has 2 heterocycles. The lowest BCUT2D eigenvalue weighted by Gasteiger charge is -2.19. The van der Waals surface area contributed by atoms with E-state index in [1.165, 1.54) is 4.90 Å². The van der Waals surface area contributed by atoms with Crippen molar-refractivity contribution in [2.24, 2.45) is 4.99 Å². The van der Waals surface area contributed by atoms with Crippen molar-refractivity contribution in [3.63, 3.8) is 0 Å². The Hall–Kier alpha value is -1.35. The minimum atomic E-state index is -4.14. The van der Waals surface area contributed by atoms with E-state index < -0.39 is 12.7 Å². The summed E-state index contributed by atoms with van der Waals surface area (Å²) in [4.78, 5) is 10.4. The van der Waals surface area contributed by atoms with E-state index in [2.05, 4.69) is 20.6 Å². The number of nitrogens with one attached hydrogen (secondary N) is 2. The van der Waals surface area contributed by atoms with Gasteiger partial charge in [-0.25, -0.2) is 4.98 Å². The van der Waals surface area contributed by atoms with Crippen molar-refractivity contribution in [2.75, 3.05) is 32.7 Å². The molecule has 1 aliphatic rings. The van der Waals surface area contributed by atoms with Crippen LogP contribution in [0.4, 0.5) is 13.2 Å². The lowest BCUT2D eigenvalue weighted by Crippen LogP contribution is -2.45. The average Bonchev–Trinajstić information content (AvgIpc) is 3.11. The Morgan fingerprint density at radius 3 is 2.92 bits per heavy atom. The molecule has 9 heteroatoms. The largest absolute Gasteiger partial charge is 0.401 e. The van der Waals surface area contributed by atoms with Gasteiger partial charge in [-0.15, -0.1) is 11.3 Å². The molecule has 1 aliphatic heterocycles. The number of guanidine groups is 1. The molecular weight excluding hydrogens is 351 g/mol. The van der Waals surface area contributed by atoms with Crippen LogP contribution < -0.4 is 10.6 Å². The van der Waals surface area contributed by atoms with Gasteiger partial charge >= 0.3 is 6.18 Å². The molecule has 2 N–H and O–H groups in total. The van der Waals surface area contributed by atoms with Gasteiger partial charge in [-0.05, 0) is 26.7 Å². The summed E-state index contributed by atoms with van der Waals surface area (Å²) in [6, 6.07) is 0.00163. The number of hydrogen-bond donors (Lipinski definition) is 2. The Labute approximate surface area is 150 Å². The third kappa shape index (κ3) is 7.60. The quantitative estimate of drug-likeness (QED) is 0.436. The van der Waals surface area contributed by atoms with Crippen LogP contribution in [-0.2, 0) is 6.42 Å². The summed E-state index contributed by atoms with van der Waals surface area (Å²) < 4.78 is 37.4. The molecule has 5 nitrogen and oxygen atoms in total. The van der Waals surface area contributed by atoms with Crippen LogP contribution in [0.15, 0.2) is 10.4 Å². The zero-order valence-electron chi connectivity index (χ0n) is 14.7. The molecule has 0 spiro atoms. The van der Waals surface area contributed by atoms with Crippen LogP contribution in [0.3, 0.4) is 0 Å². The van der Waals surface area contributed by atoms with E-state index in [9.17, 15) is 13.2 Å². The highest BCUT2D eigenvalue weighted by Crippen LogP contribution is 2.19. The normalized spacial score (nSPS) is 19.4. The maximum atomic E-state index is 12.5. The minimum absolute atomic E-state index is 0.00163. The van der Waals surface area contributed by atoms with Gasteiger partial charge < -0.3 is 10.6 Å². The summed E-state index contributed by atoms with van der Waals surface area (Å²) in [6.45, 7) is 5.34. The number of likely N-dealkylation sites (tertiary alicyclic amines) is 1. The van der Waals surface area contributed by atoms with Gasteiger partial charge in [0.25, 0.3) is 0 Å². The molecule has 1 saturated heterocycles. The summed E-state index contributed by atoms with van der Waals surface area (Å²) >= 11 is 1.66. The van der Waals surface area contributed by atoms with E-state index in [0.29, 0.717) is 32.0 Å². The van der Waals surface area contributed by atoms with Gasteiger partial charge in [-0.1, -0.05) is 0 Å². The topological polar surface area (TPSA) is 52.6 Å². The Balaban J connectivity index is 1.75. The van der Waals surface area contributed by atoms with Crippen molar-refractivity contribution in [1.29, 1.82) is 0 Å². The average molecular weight is 377 g/mol. The monoisotopic (exact) mass is 377 g/mol. The van der Waals surface area contributed by atoms with Gasteiger partial charge in [0.05, 0.1) is 11.6 Å². The molecule has 0 amide bonds. The molecule has 142 valence electrons. The molecule has 0 bridgehead atoms. The summed E-state index contributed by atoms with van der Waals surface area (Å²) in [6.07, 6.45) is -1.65. The Bertz CT molecular complexity index is 558. The lowest BCUT2D eigenvalue weighted by molar-refractivity contribution is -0.143.